The van der Waals surface area contributed by atoms with Crippen LogP contribution in [0.2, 0.25) is 0 Å². The summed E-state index contributed by atoms with van der Waals surface area (Å²) in [5, 5.41) is 2.51. The van der Waals surface area contributed by atoms with E-state index in [1.165, 1.54) is 6.07 Å². The van der Waals surface area contributed by atoms with Crippen molar-refractivity contribution in [2.45, 2.75) is 32.5 Å². The van der Waals surface area contributed by atoms with Crippen molar-refractivity contribution in [3.63, 3.8) is 0 Å². The van der Waals surface area contributed by atoms with Gasteiger partial charge in [0.1, 0.15) is 5.75 Å². The van der Waals surface area contributed by atoms with Crippen molar-refractivity contribution in [1.82, 2.24) is 0 Å². The van der Waals surface area contributed by atoms with Crippen LogP contribution in [0.3, 0.4) is 0 Å². The van der Waals surface area contributed by atoms with E-state index < -0.39 is 11.7 Å². The highest BCUT2D eigenvalue weighted by molar-refractivity contribution is 5.91. The van der Waals surface area contributed by atoms with E-state index in [4.69, 9.17) is 10.5 Å². The molecule has 0 unspecified atom stereocenters. The van der Waals surface area contributed by atoms with Gasteiger partial charge in [-0.15, -0.1) is 0 Å². The van der Waals surface area contributed by atoms with Gasteiger partial charge < -0.3 is 15.8 Å². The molecule has 7 heteroatoms. The molecule has 2 aromatic carbocycles. The monoisotopic (exact) mass is 366 g/mol. The number of aryl methyl sites for hydroxylation is 1. The number of nitrogens with two attached hydrogens (primary N) is 1. The molecule has 0 radical (unpaired) electrons. The number of rotatable bonds is 7. The maximum absolute atomic E-state index is 12.9. The SMILES string of the molecule is CCOc1ccc(CCC(=O)Nc2cc(CN)cc(C(F)(F)F)c2)cc1. The van der Waals surface area contributed by atoms with Gasteiger partial charge in [-0.25, -0.2) is 0 Å². The van der Waals surface area contributed by atoms with Gasteiger partial charge in [0.25, 0.3) is 0 Å². The van der Waals surface area contributed by atoms with Crippen LogP contribution in [0.15, 0.2) is 42.5 Å². The zero-order valence-electron chi connectivity index (χ0n) is 14.4. The third kappa shape index (κ3) is 5.77. The fourth-order valence-electron chi connectivity index (χ4n) is 2.45. The molecule has 0 spiro atoms. The first-order valence-electron chi connectivity index (χ1n) is 8.24. The number of alkyl halides is 3. The van der Waals surface area contributed by atoms with Crippen molar-refractivity contribution in [1.29, 1.82) is 0 Å². The Labute approximate surface area is 150 Å². The van der Waals surface area contributed by atoms with E-state index in [-0.39, 0.29) is 24.6 Å². The molecule has 4 nitrogen and oxygen atoms in total. The summed E-state index contributed by atoms with van der Waals surface area (Å²) < 4.78 is 44.1. The van der Waals surface area contributed by atoms with E-state index in [9.17, 15) is 18.0 Å². The Morgan fingerprint density at radius 1 is 1.12 bits per heavy atom. The number of anilines is 1. The van der Waals surface area contributed by atoms with Crippen LogP contribution in [0.1, 0.15) is 30.0 Å². The number of hydrogen-bond acceptors (Lipinski definition) is 3. The van der Waals surface area contributed by atoms with Gasteiger partial charge in [0.15, 0.2) is 0 Å². The second kappa shape index (κ2) is 8.71. The minimum absolute atomic E-state index is 0.0427. The summed E-state index contributed by atoms with van der Waals surface area (Å²) in [5.41, 5.74) is 5.95. The molecule has 0 aliphatic heterocycles. The molecule has 0 atom stereocenters. The van der Waals surface area contributed by atoms with Crippen LogP contribution in [0.4, 0.5) is 18.9 Å². The number of carbonyl (C=O) groups excluding carboxylic acids is 1. The molecule has 140 valence electrons. The number of amides is 1. The maximum Gasteiger partial charge on any atom is 0.416 e. The lowest BCUT2D eigenvalue weighted by Crippen LogP contribution is -2.14. The largest absolute Gasteiger partial charge is 0.494 e. The van der Waals surface area contributed by atoms with Crippen molar-refractivity contribution in [2.75, 3.05) is 11.9 Å². The molecule has 1 amide bonds. The predicted molar refractivity (Wildman–Crippen MR) is 93.9 cm³/mol. The van der Waals surface area contributed by atoms with Gasteiger partial charge in [0.05, 0.1) is 12.2 Å². The lowest BCUT2D eigenvalue weighted by atomic mass is 10.1. The average Bonchev–Trinajstić information content (AvgIpc) is 2.60. The number of hydrogen-bond donors (Lipinski definition) is 2. The van der Waals surface area contributed by atoms with Crippen molar-refractivity contribution >= 4 is 11.6 Å². The zero-order valence-corrected chi connectivity index (χ0v) is 14.4. The fourth-order valence-corrected chi connectivity index (χ4v) is 2.45. The Kier molecular flexibility index (Phi) is 6.63. The van der Waals surface area contributed by atoms with E-state index in [1.807, 2.05) is 31.2 Å². The normalized spacial score (nSPS) is 11.3. The minimum Gasteiger partial charge on any atom is -0.494 e. The summed E-state index contributed by atoms with van der Waals surface area (Å²) >= 11 is 0. The quantitative estimate of drug-likeness (QED) is 0.774. The molecule has 0 bridgehead atoms. The lowest BCUT2D eigenvalue weighted by Gasteiger charge is -2.12. The van der Waals surface area contributed by atoms with Gasteiger partial charge >= 0.3 is 6.18 Å². The van der Waals surface area contributed by atoms with Crippen molar-refractivity contribution in [3.8, 4) is 5.75 Å². The number of halogens is 3. The average molecular weight is 366 g/mol. The molecule has 0 fully saturated rings. The van der Waals surface area contributed by atoms with Gasteiger partial charge in [-0.1, -0.05) is 12.1 Å². The Morgan fingerprint density at radius 2 is 1.81 bits per heavy atom. The van der Waals surface area contributed by atoms with Gasteiger partial charge in [0, 0.05) is 18.7 Å². The van der Waals surface area contributed by atoms with Crippen LogP contribution in [0.5, 0.6) is 5.75 Å². The summed E-state index contributed by atoms with van der Waals surface area (Å²) in [4.78, 5) is 12.1. The molecule has 0 heterocycles. The third-order valence-electron chi connectivity index (χ3n) is 3.71. The standard InChI is InChI=1S/C19H21F3N2O2/c1-2-26-17-6-3-13(4-7-17)5-8-18(25)24-16-10-14(12-23)9-15(11-16)19(20,21)22/h3-4,6-7,9-11H,2,5,8,12,23H2,1H3,(H,24,25). The molecular weight excluding hydrogens is 345 g/mol. The Morgan fingerprint density at radius 3 is 2.38 bits per heavy atom. The van der Waals surface area contributed by atoms with Gasteiger partial charge in [-0.3, -0.25) is 4.79 Å². The smallest absolute Gasteiger partial charge is 0.416 e. The van der Waals surface area contributed by atoms with E-state index >= 15 is 0 Å². The Hall–Kier alpha value is -2.54. The first-order valence-corrected chi connectivity index (χ1v) is 8.24. The van der Waals surface area contributed by atoms with Gasteiger partial charge in [0.2, 0.25) is 5.91 Å². The molecule has 2 rings (SSSR count). The van der Waals surface area contributed by atoms with Crippen LogP contribution in [0, 0.1) is 0 Å². The summed E-state index contributed by atoms with van der Waals surface area (Å²) in [6.45, 7) is 2.42. The van der Waals surface area contributed by atoms with Crippen LogP contribution < -0.4 is 15.8 Å². The maximum atomic E-state index is 12.9. The van der Waals surface area contributed by atoms with Crippen molar-refractivity contribution in [3.05, 3.63) is 59.2 Å². The first-order chi connectivity index (χ1) is 12.3. The zero-order chi connectivity index (χ0) is 19.2. The van der Waals surface area contributed by atoms with Gasteiger partial charge in [-0.2, -0.15) is 13.2 Å². The number of ether oxygens (including phenoxy) is 1. The van der Waals surface area contributed by atoms with E-state index in [2.05, 4.69) is 5.32 Å². The lowest BCUT2D eigenvalue weighted by molar-refractivity contribution is -0.137. The highest BCUT2D eigenvalue weighted by Gasteiger charge is 2.31. The summed E-state index contributed by atoms with van der Waals surface area (Å²) in [6.07, 6.45) is -3.86. The second-order valence-electron chi connectivity index (χ2n) is 5.75. The Bertz CT molecular complexity index is 743. The highest BCUT2D eigenvalue weighted by atomic mass is 19.4. The topological polar surface area (TPSA) is 64.3 Å². The molecule has 0 aliphatic carbocycles. The molecule has 0 aromatic heterocycles. The molecule has 2 aromatic rings. The number of carbonyl (C=O) groups is 1. The minimum atomic E-state index is -4.49. The third-order valence-corrected chi connectivity index (χ3v) is 3.71. The summed E-state index contributed by atoms with van der Waals surface area (Å²) in [7, 11) is 0. The van der Waals surface area contributed by atoms with E-state index in [0.29, 0.717) is 18.6 Å². The van der Waals surface area contributed by atoms with Gasteiger partial charge in [-0.05, 0) is 54.8 Å². The molecule has 0 saturated heterocycles. The van der Waals surface area contributed by atoms with Crippen LogP contribution in [0.25, 0.3) is 0 Å². The van der Waals surface area contributed by atoms with E-state index in [1.54, 1.807) is 0 Å². The van der Waals surface area contributed by atoms with Crippen LogP contribution >= 0.6 is 0 Å². The van der Waals surface area contributed by atoms with Crippen molar-refractivity contribution in [2.24, 2.45) is 5.73 Å². The fraction of sp³-hybridized carbons (Fsp3) is 0.316. The summed E-state index contributed by atoms with van der Waals surface area (Å²) in [5.74, 6) is 0.389. The molecule has 0 saturated carbocycles. The molecular formula is C19H21F3N2O2. The molecule has 3 N–H and O–H groups in total. The first kappa shape index (κ1) is 19.8. The molecule has 26 heavy (non-hydrogen) atoms. The highest BCUT2D eigenvalue weighted by Crippen LogP contribution is 2.32. The predicted octanol–water partition coefficient (Wildman–Crippen LogP) is 4.13. The van der Waals surface area contributed by atoms with Crippen LogP contribution in [-0.2, 0) is 23.9 Å². The second-order valence-corrected chi connectivity index (χ2v) is 5.75. The van der Waals surface area contributed by atoms with E-state index in [0.717, 1.165) is 23.4 Å². The molecule has 0 aliphatic rings. The van der Waals surface area contributed by atoms with Crippen LogP contribution in [-0.4, -0.2) is 12.5 Å². The van der Waals surface area contributed by atoms with Crippen molar-refractivity contribution < 1.29 is 22.7 Å². The summed E-state index contributed by atoms with van der Waals surface area (Å²) in [6, 6.07) is 10.7. The number of nitrogens with one attached hydrogen (secondary N) is 1. The number of benzene rings is 2. The Balaban J connectivity index is 1.98.